The van der Waals surface area contributed by atoms with Crippen LogP contribution < -0.4 is 0 Å². The van der Waals surface area contributed by atoms with Gasteiger partial charge in [0.25, 0.3) is 0 Å². The van der Waals surface area contributed by atoms with Crippen molar-refractivity contribution in [3.63, 3.8) is 0 Å². The Labute approximate surface area is 65.6 Å². The van der Waals surface area contributed by atoms with Gasteiger partial charge in [-0.15, -0.1) is 0 Å². The standard InChI is InChI=1S/C5H6BrI/c1-5(6)3-2-4(5)7/h2-4H,1H3/t4?,5-/m1/s1. The lowest BCUT2D eigenvalue weighted by Crippen LogP contribution is -2.31. The highest BCUT2D eigenvalue weighted by atomic mass is 127. The van der Waals surface area contributed by atoms with E-state index in [2.05, 4.69) is 57.6 Å². The lowest BCUT2D eigenvalue weighted by molar-refractivity contribution is 0.798. The van der Waals surface area contributed by atoms with Gasteiger partial charge in [-0.1, -0.05) is 50.7 Å². The van der Waals surface area contributed by atoms with Gasteiger partial charge in [0, 0.05) is 3.92 Å². The molecule has 2 atom stereocenters. The largest absolute Gasteiger partial charge is 0.0796 e. The van der Waals surface area contributed by atoms with E-state index < -0.39 is 0 Å². The molecule has 0 aromatic heterocycles. The summed E-state index contributed by atoms with van der Waals surface area (Å²) in [5.41, 5.74) is 0. The summed E-state index contributed by atoms with van der Waals surface area (Å²) in [6.07, 6.45) is 4.36. The maximum atomic E-state index is 3.54. The monoisotopic (exact) mass is 272 g/mol. The highest BCUT2D eigenvalue weighted by Crippen LogP contribution is 2.37. The van der Waals surface area contributed by atoms with Gasteiger partial charge in [-0.3, -0.25) is 0 Å². The van der Waals surface area contributed by atoms with E-state index in [-0.39, 0.29) is 0 Å². The Bertz CT molecular complexity index is 107. The number of halogens is 2. The first-order valence-electron chi connectivity index (χ1n) is 2.15. The van der Waals surface area contributed by atoms with Gasteiger partial charge in [-0.2, -0.15) is 0 Å². The Kier molecular flexibility index (Phi) is 1.50. The van der Waals surface area contributed by atoms with Gasteiger partial charge in [-0.05, 0) is 6.92 Å². The molecule has 2 heteroatoms. The summed E-state index contributed by atoms with van der Waals surface area (Å²) in [5.74, 6) is 0. The molecule has 40 valence electrons. The summed E-state index contributed by atoms with van der Waals surface area (Å²) in [6.45, 7) is 2.17. The molecule has 0 radical (unpaired) electrons. The second-order valence-electron chi connectivity index (χ2n) is 1.91. The van der Waals surface area contributed by atoms with E-state index in [1.54, 1.807) is 0 Å². The highest BCUT2D eigenvalue weighted by Gasteiger charge is 2.31. The average Bonchev–Trinajstić information content (AvgIpc) is 1.63. The van der Waals surface area contributed by atoms with E-state index in [4.69, 9.17) is 0 Å². The summed E-state index contributed by atoms with van der Waals surface area (Å²) in [4.78, 5) is 0. The third-order valence-corrected chi connectivity index (χ3v) is 4.45. The minimum Gasteiger partial charge on any atom is -0.0796 e. The molecular weight excluding hydrogens is 267 g/mol. The first kappa shape index (κ1) is 6.08. The zero-order valence-corrected chi connectivity index (χ0v) is 7.73. The molecule has 0 saturated carbocycles. The van der Waals surface area contributed by atoms with E-state index in [0.717, 1.165) is 0 Å². The predicted octanol–water partition coefficient (Wildman–Crippen LogP) is 2.51. The maximum absolute atomic E-state index is 3.54. The van der Waals surface area contributed by atoms with Crippen LogP contribution in [0.3, 0.4) is 0 Å². The molecule has 7 heavy (non-hydrogen) atoms. The molecule has 1 aliphatic carbocycles. The van der Waals surface area contributed by atoms with Crippen LogP contribution in [-0.4, -0.2) is 8.25 Å². The van der Waals surface area contributed by atoms with Crippen LogP contribution in [0.25, 0.3) is 0 Å². The third-order valence-electron chi connectivity index (χ3n) is 1.13. The van der Waals surface area contributed by atoms with Crippen LogP contribution >= 0.6 is 38.5 Å². The van der Waals surface area contributed by atoms with Crippen LogP contribution in [0.4, 0.5) is 0 Å². The molecule has 0 aromatic carbocycles. The molecule has 0 spiro atoms. The zero-order chi connectivity index (χ0) is 5.49. The summed E-state index contributed by atoms with van der Waals surface area (Å²) >= 11 is 5.94. The van der Waals surface area contributed by atoms with Gasteiger partial charge in [0.05, 0.1) is 4.32 Å². The maximum Gasteiger partial charge on any atom is 0.0561 e. The van der Waals surface area contributed by atoms with E-state index in [1.165, 1.54) is 0 Å². The second-order valence-corrected chi connectivity index (χ2v) is 4.96. The molecule has 1 rings (SSSR count). The van der Waals surface area contributed by atoms with Crippen molar-refractivity contribution in [2.75, 3.05) is 0 Å². The highest BCUT2D eigenvalue weighted by molar-refractivity contribution is 14.1. The summed E-state index contributed by atoms with van der Waals surface area (Å²) in [7, 11) is 0. The van der Waals surface area contributed by atoms with Crippen LogP contribution in [0.5, 0.6) is 0 Å². The fraction of sp³-hybridized carbons (Fsp3) is 0.600. The Morgan fingerprint density at radius 1 is 1.86 bits per heavy atom. The first-order valence-corrected chi connectivity index (χ1v) is 4.19. The second kappa shape index (κ2) is 1.72. The van der Waals surface area contributed by atoms with Crippen molar-refractivity contribution in [2.24, 2.45) is 0 Å². The number of rotatable bonds is 0. The molecule has 0 aliphatic heterocycles. The van der Waals surface area contributed by atoms with E-state index in [9.17, 15) is 0 Å². The molecule has 0 amide bonds. The molecule has 1 unspecified atom stereocenters. The van der Waals surface area contributed by atoms with E-state index in [1.807, 2.05) is 0 Å². The van der Waals surface area contributed by atoms with Gasteiger partial charge in [0.1, 0.15) is 0 Å². The number of hydrogen-bond acceptors (Lipinski definition) is 0. The van der Waals surface area contributed by atoms with Crippen molar-refractivity contribution in [3.8, 4) is 0 Å². The van der Waals surface area contributed by atoms with Crippen molar-refractivity contribution in [1.82, 2.24) is 0 Å². The molecule has 0 heterocycles. The van der Waals surface area contributed by atoms with Crippen LogP contribution in [0.2, 0.25) is 0 Å². The van der Waals surface area contributed by atoms with Crippen molar-refractivity contribution < 1.29 is 0 Å². The van der Waals surface area contributed by atoms with Crippen molar-refractivity contribution in [2.45, 2.75) is 15.2 Å². The minimum absolute atomic E-state index is 0.299. The van der Waals surface area contributed by atoms with Crippen LogP contribution in [0.1, 0.15) is 6.92 Å². The summed E-state index contributed by atoms with van der Waals surface area (Å²) in [5, 5.41) is 0. The molecule has 0 saturated heterocycles. The molecule has 0 N–H and O–H groups in total. The number of allylic oxidation sites excluding steroid dienone is 2. The third kappa shape index (κ3) is 1.02. The zero-order valence-electron chi connectivity index (χ0n) is 3.99. The molecule has 0 fully saturated rings. The Morgan fingerprint density at radius 2 is 2.29 bits per heavy atom. The SMILES string of the molecule is C[C@@]1(Br)C=CC1I. The molecular formula is C5H6BrI. The molecule has 0 nitrogen and oxygen atoms in total. The van der Waals surface area contributed by atoms with Gasteiger partial charge in [0.15, 0.2) is 0 Å². The molecule has 0 bridgehead atoms. The van der Waals surface area contributed by atoms with Crippen molar-refractivity contribution >= 4 is 38.5 Å². The Balaban J connectivity index is 2.64. The van der Waals surface area contributed by atoms with Crippen molar-refractivity contribution in [3.05, 3.63) is 12.2 Å². The quantitative estimate of drug-likeness (QED) is 0.361. The Morgan fingerprint density at radius 3 is 2.29 bits per heavy atom. The van der Waals surface area contributed by atoms with Crippen LogP contribution in [0, 0.1) is 0 Å². The fourth-order valence-electron chi connectivity index (χ4n) is 0.434. The van der Waals surface area contributed by atoms with E-state index >= 15 is 0 Å². The van der Waals surface area contributed by atoms with Gasteiger partial charge < -0.3 is 0 Å². The minimum atomic E-state index is 0.299. The molecule has 1 aliphatic rings. The summed E-state index contributed by atoms with van der Waals surface area (Å²) < 4.78 is 0.984. The van der Waals surface area contributed by atoms with Crippen LogP contribution in [0.15, 0.2) is 12.2 Å². The van der Waals surface area contributed by atoms with Gasteiger partial charge in [-0.25, -0.2) is 0 Å². The lowest BCUT2D eigenvalue weighted by atomic mass is 9.98. The van der Waals surface area contributed by atoms with Gasteiger partial charge in [0.2, 0.25) is 0 Å². The van der Waals surface area contributed by atoms with Crippen LogP contribution in [-0.2, 0) is 0 Å². The lowest BCUT2D eigenvalue weighted by Gasteiger charge is -2.30. The van der Waals surface area contributed by atoms with Crippen molar-refractivity contribution in [1.29, 1.82) is 0 Å². The molecule has 0 aromatic rings. The fourth-order valence-corrected chi connectivity index (χ4v) is 1.15. The first-order chi connectivity index (χ1) is 3.13. The van der Waals surface area contributed by atoms with E-state index in [0.29, 0.717) is 8.25 Å². The van der Waals surface area contributed by atoms with Gasteiger partial charge >= 0.3 is 0 Å². The number of alkyl halides is 2. The number of hydrogen-bond donors (Lipinski definition) is 0. The smallest absolute Gasteiger partial charge is 0.0561 e. The normalized spacial score (nSPS) is 48.7. The topological polar surface area (TPSA) is 0 Å². The Hall–Kier alpha value is 0.950. The predicted molar refractivity (Wildman–Crippen MR) is 44.3 cm³/mol. The average molecular weight is 273 g/mol. The summed E-state index contributed by atoms with van der Waals surface area (Å²) in [6, 6.07) is 0.